The van der Waals surface area contributed by atoms with E-state index in [1.165, 1.54) is 16.8 Å². The van der Waals surface area contributed by atoms with Crippen LogP contribution in [0.3, 0.4) is 0 Å². The summed E-state index contributed by atoms with van der Waals surface area (Å²) >= 11 is 0. The molecule has 4 rings (SSSR count). The van der Waals surface area contributed by atoms with Crippen LogP contribution in [0, 0.1) is 17.6 Å². The number of halogens is 2. The number of hydrogen-bond acceptors (Lipinski definition) is 3. The molecule has 2 aromatic carbocycles. The molecular weight excluding hydrogens is 324 g/mol. The lowest BCUT2D eigenvalue weighted by atomic mass is 10.0. The quantitative estimate of drug-likeness (QED) is 0.785. The van der Waals surface area contributed by atoms with Gasteiger partial charge in [-0.3, -0.25) is 0 Å². The lowest BCUT2D eigenvalue weighted by Gasteiger charge is -2.22. The summed E-state index contributed by atoms with van der Waals surface area (Å²) in [5.41, 5.74) is 0.758. The van der Waals surface area contributed by atoms with Gasteiger partial charge in [-0.05, 0) is 43.7 Å². The van der Waals surface area contributed by atoms with Crippen LogP contribution in [0.25, 0.3) is 16.6 Å². The second kappa shape index (κ2) is 6.80. The highest BCUT2D eigenvalue weighted by Crippen LogP contribution is 2.31. The Hall–Kier alpha value is -2.47. The molecule has 1 fully saturated rings. The van der Waals surface area contributed by atoms with E-state index in [-0.39, 0.29) is 17.0 Å². The number of nitrogens with zero attached hydrogens (tertiary/aromatic N) is 2. The van der Waals surface area contributed by atoms with Gasteiger partial charge >= 0.3 is 0 Å². The van der Waals surface area contributed by atoms with E-state index in [0.29, 0.717) is 18.0 Å². The molecule has 1 N–H and O–H groups in total. The monoisotopic (exact) mass is 343 g/mol. The molecule has 1 aliphatic heterocycles. The molecule has 1 aromatic heterocycles. The number of nitrogens with one attached hydrogen (secondary N) is 1. The summed E-state index contributed by atoms with van der Waals surface area (Å²) in [6.45, 7) is 2.37. The minimum Gasteiger partial charge on any atom is -0.476 e. The van der Waals surface area contributed by atoms with Gasteiger partial charge in [-0.15, -0.1) is 5.10 Å². The van der Waals surface area contributed by atoms with Gasteiger partial charge in [0.1, 0.15) is 17.3 Å². The summed E-state index contributed by atoms with van der Waals surface area (Å²) in [5, 5.41) is 7.98. The lowest BCUT2D eigenvalue weighted by Crippen LogP contribution is -2.33. The number of para-hydroxylation sites is 1. The van der Waals surface area contributed by atoms with E-state index in [9.17, 15) is 8.78 Å². The Balaban J connectivity index is 1.73. The number of benzene rings is 2. The van der Waals surface area contributed by atoms with Gasteiger partial charge < -0.3 is 10.1 Å². The Labute approximate surface area is 144 Å². The van der Waals surface area contributed by atoms with Crippen LogP contribution in [-0.4, -0.2) is 29.5 Å². The van der Waals surface area contributed by atoms with E-state index in [2.05, 4.69) is 10.4 Å². The van der Waals surface area contributed by atoms with Gasteiger partial charge in [-0.1, -0.05) is 18.2 Å². The Kier molecular flexibility index (Phi) is 4.36. The summed E-state index contributed by atoms with van der Waals surface area (Å²) in [4.78, 5) is 0. The molecule has 1 saturated heterocycles. The minimum absolute atomic E-state index is 0.210. The molecule has 6 heteroatoms. The van der Waals surface area contributed by atoms with Crippen LogP contribution in [0.4, 0.5) is 8.78 Å². The Morgan fingerprint density at radius 2 is 1.96 bits per heavy atom. The third-order valence-corrected chi connectivity index (χ3v) is 4.56. The van der Waals surface area contributed by atoms with E-state index >= 15 is 0 Å². The maximum Gasteiger partial charge on any atom is 0.244 e. The highest BCUT2D eigenvalue weighted by atomic mass is 19.1. The van der Waals surface area contributed by atoms with E-state index in [1.807, 2.05) is 0 Å². The standard InChI is InChI=1S/C19H19F2N3O/c20-14-6-1-2-8-16(14)24-17-9-3-7-15(21)18(17)19(23-24)25-12-13-5-4-10-22-11-13/h1-3,6-9,13,22H,4-5,10-12H2/t13-/m0/s1. The molecule has 25 heavy (non-hydrogen) atoms. The molecule has 0 aliphatic carbocycles. The van der Waals surface area contributed by atoms with Crippen molar-refractivity contribution in [2.75, 3.05) is 19.7 Å². The molecule has 0 radical (unpaired) electrons. The third kappa shape index (κ3) is 3.09. The normalized spacial score (nSPS) is 17.8. The average Bonchev–Trinajstić information content (AvgIpc) is 3.01. The van der Waals surface area contributed by atoms with Gasteiger partial charge in [-0.25, -0.2) is 13.5 Å². The number of rotatable bonds is 4. The van der Waals surface area contributed by atoms with Gasteiger partial charge in [0.25, 0.3) is 0 Å². The van der Waals surface area contributed by atoms with E-state index < -0.39 is 11.6 Å². The fourth-order valence-corrected chi connectivity index (χ4v) is 3.27. The SMILES string of the molecule is Fc1ccccc1-n1nc(OC[C@H]2CCCNC2)c2c(F)cccc21. The van der Waals surface area contributed by atoms with Crippen molar-refractivity contribution in [1.82, 2.24) is 15.1 Å². The zero-order valence-corrected chi connectivity index (χ0v) is 13.7. The van der Waals surface area contributed by atoms with Gasteiger partial charge in [-0.2, -0.15) is 0 Å². The highest BCUT2D eigenvalue weighted by molar-refractivity contribution is 5.86. The van der Waals surface area contributed by atoms with E-state index in [1.54, 1.807) is 30.3 Å². The molecule has 1 aliphatic rings. The first-order valence-corrected chi connectivity index (χ1v) is 8.49. The van der Waals surface area contributed by atoms with Crippen molar-refractivity contribution in [2.24, 2.45) is 5.92 Å². The van der Waals surface area contributed by atoms with Crippen molar-refractivity contribution in [3.63, 3.8) is 0 Å². The third-order valence-electron chi connectivity index (χ3n) is 4.56. The number of piperidine rings is 1. The number of fused-ring (bicyclic) bond motifs is 1. The summed E-state index contributed by atoms with van der Waals surface area (Å²) in [6.07, 6.45) is 2.17. The molecule has 130 valence electrons. The maximum atomic E-state index is 14.4. The Bertz CT molecular complexity index is 888. The van der Waals surface area contributed by atoms with Gasteiger partial charge in [0.05, 0.1) is 17.5 Å². The zero-order chi connectivity index (χ0) is 17.2. The van der Waals surface area contributed by atoms with Crippen LogP contribution in [0.1, 0.15) is 12.8 Å². The highest BCUT2D eigenvalue weighted by Gasteiger charge is 2.20. The zero-order valence-electron chi connectivity index (χ0n) is 13.7. The smallest absolute Gasteiger partial charge is 0.244 e. The molecule has 0 bridgehead atoms. The molecule has 4 nitrogen and oxygen atoms in total. The van der Waals surface area contributed by atoms with Crippen LogP contribution in [0.15, 0.2) is 42.5 Å². The van der Waals surface area contributed by atoms with Crippen molar-refractivity contribution in [3.8, 4) is 11.6 Å². The molecule has 3 aromatic rings. The van der Waals surface area contributed by atoms with Gasteiger partial charge in [0.15, 0.2) is 0 Å². The minimum atomic E-state index is -0.420. The van der Waals surface area contributed by atoms with Crippen molar-refractivity contribution < 1.29 is 13.5 Å². The maximum absolute atomic E-state index is 14.4. The van der Waals surface area contributed by atoms with Crippen LogP contribution in [-0.2, 0) is 0 Å². The van der Waals surface area contributed by atoms with Crippen LogP contribution in [0.2, 0.25) is 0 Å². The van der Waals surface area contributed by atoms with Crippen LogP contribution < -0.4 is 10.1 Å². The molecule has 2 heterocycles. The van der Waals surface area contributed by atoms with E-state index in [0.717, 1.165) is 25.9 Å². The topological polar surface area (TPSA) is 39.1 Å². The molecule has 0 amide bonds. The molecule has 0 spiro atoms. The van der Waals surface area contributed by atoms with E-state index in [4.69, 9.17) is 4.74 Å². The summed E-state index contributed by atoms with van der Waals surface area (Å²) in [6, 6.07) is 11.0. The average molecular weight is 343 g/mol. The van der Waals surface area contributed by atoms with Crippen molar-refractivity contribution in [2.45, 2.75) is 12.8 Å². The molecule has 0 saturated carbocycles. The second-order valence-corrected chi connectivity index (χ2v) is 6.33. The van der Waals surface area contributed by atoms with Gasteiger partial charge in [0, 0.05) is 12.5 Å². The van der Waals surface area contributed by atoms with Crippen molar-refractivity contribution >= 4 is 10.9 Å². The first-order valence-electron chi connectivity index (χ1n) is 8.49. The van der Waals surface area contributed by atoms with Crippen LogP contribution >= 0.6 is 0 Å². The Morgan fingerprint density at radius 1 is 1.12 bits per heavy atom. The lowest BCUT2D eigenvalue weighted by molar-refractivity contribution is 0.213. The number of hydrogen-bond donors (Lipinski definition) is 1. The molecular formula is C19H19F2N3O. The first-order chi connectivity index (χ1) is 12.2. The fourth-order valence-electron chi connectivity index (χ4n) is 3.27. The summed E-state index contributed by atoms with van der Waals surface area (Å²) < 4.78 is 35.8. The summed E-state index contributed by atoms with van der Waals surface area (Å²) in [5.74, 6) is -0.257. The Morgan fingerprint density at radius 3 is 2.76 bits per heavy atom. The number of aromatic nitrogens is 2. The van der Waals surface area contributed by atoms with Crippen molar-refractivity contribution in [3.05, 3.63) is 54.1 Å². The molecule has 1 atom stereocenters. The fraction of sp³-hybridized carbons (Fsp3) is 0.316. The molecule has 0 unspecified atom stereocenters. The van der Waals surface area contributed by atoms with Crippen molar-refractivity contribution in [1.29, 1.82) is 0 Å². The van der Waals surface area contributed by atoms with Crippen LogP contribution in [0.5, 0.6) is 5.88 Å². The largest absolute Gasteiger partial charge is 0.476 e. The first kappa shape index (κ1) is 16.0. The predicted molar refractivity (Wildman–Crippen MR) is 92.1 cm³/mol. The second-order valence-electron chi connectivity index (χ2n) is 6.33. The number of ether oxygens (including phenoxy) is 1. The van der Waals surface area contributed by atoms with Gasteiger partial charge in [0.2, 0.25) is 5.88 Å². The summed E-state index contributed by atoms with van der Waals surface area (Å²) in [7, 11) is 0. The predicted octanol–water partition coefficient (Wildman–Crippen LogP) is 3.68.